The number of nitrogens with zero attached hydrogens (tertiary/aromatic N) is 7. The van der Waals surface area contributed by atoms with Gasteiger partial charge in [0.05, 0.1) is 35.4 Å². The van der Waals surface area contributed by atoms with Gasteiger partial charge in [-0.25, -0.2) is 15.0 Å². The van der Waals surface area contributed by atoms with Gasteiger partial charge in [-0.3, -0.25) is 9.80 Å². The normalized spacial score (nSPS) is 10.8. The first-order chi connectivity index (χ1) is 17.7. The van der Waals surface area contributed by atoms with Gasteiger partial charge in [-0.15, -0.1) is 0 Å². The van der Waals surface area contributed by atoms with Crippen molar-refractivity contribution in [1.29, 1.82) is 0 Å². The van der Waals surface area contributed by atoms with Crippen LogP contribution in [0.1, 0.15) is 27.7 Å². The molecule has 3 heterocycles. The molecule has 0 aliphatic carbocycles. The summed E-state index contributed by atoms with van der Waals surface area (Å²) in [4.78, 5) is 20.0. The number of benzene rings is 2. The van der Waals surface area contributed by atoms with Gasteiger partial charge >= 0.3 is 40.8 Å². The third-order valence-electron chi connectivity index (χ3n) is 6.99. The summed E-state index contributed by atoms with van der Waals surface area (Å²) in [6.07, 6.45) is 0. The maximum atomic E-state index is 5.14. The van der Waals surface area contributed by atoms with Crippen molar-refractivity contribution in [2.75, 3.05) is 26.2 Å². The molecule has 0 amide bonds. The summed E-state index contributed by atoms with van der Waals surface area (Å²) in [7, 11) is 0. The first-order valence-electron chi connectivity index (χ1n) is 13.0. The van der Waals surface area contributed by atoms with Crippen LogP contribution in [0, 0.1) is 40.8 Å². The summed E-state index contributed by atoms with van der Waals surface area (Å²) in [6, 6.07) is 22.8. The number of aromatic nitrogens is 5. The monoisotopic (exact) mass is 728 g/mol. The Balaban J connectivity index is 0.00000200. The minimum absolute atomic E-state index is 0. The smallest absolute Gasteiger partial charge is 1.00 e. The third-order valence-corrected chi connectivity index (χ3v) is 6.99. The molecule has 5 aromatic rings. The van der Waals surface area contributed by atoms with E-state index in [0.717, 1.165) is 84.6 Å². The summed E-state index contributed by atoms with van der Waals surface area (Å²) in [6.45, 7) is 14.2. The minimum Gasteiger partial charge on any atom is -1.00 e. The molecule has 0 bridgehead atoms. The molecular formula is C29H35Cl3N7Nd. The molecule has 11 heteroatoms. The Bertz CT molecular complexity index is 1370. The molecule has 5 rings (SSSR count). The predicted octanol–water partition coefficient (Wildman–Crippen LogP) is -3.27. The summed E-state index contributed by atoms with van der Waals surface area (Å²) in [5, 5.41) is 0. The molecule has 0 spiro atoms. The Morgan fingerprint density at radius 3 is 1.27 bits per heavy atom. The molecule has 1 radical (unpaired) electrons. The summed E-state index contributed by atoms with van der Waals surface area (Å²) < 4.78 is 4.57. The van der Waals surface area contributed by atoms with E-state index in [4.69, 9.17) is 15.0 Å². The van der Waals surface area contributed by atoms with E-state index in [1.807, 2.05) is 12.1 Å². The van der Waals surface area contributed by atoms with E-state index < -0.39 is 0 Å². The summed E-state index contributed by atoms with van der Waals surface area (Å²) in [5.41, 5.74) is 5.94. The van der Waals surface area contributed by atoms with Crippen molar-refractivity contribution < 1.29 is 78.1 Å². The van der Waals surface area contributed by atoms with Gasteiger partial charge in [-0.1, -0.05) is 58.0 Å². The number of hydrogen-bond donors (Lipinski definition) is 0. The van der Waals surface area contributed by atoms with Crippen LogP contribution in [0.5, 0.6) is 0 Å². The molecule has 40 heavy (non-hydrogen) atoms. The van der Waals surface area contributed by atoms with Gasteiger partial charge in [0.15, 0.2) is 11.6 Å². The van der Waals surface area contributed by atoms with Crippen LogP contribution in [0.4, 0.5) is 0 Å². The quantitative estimate of drug-likeness (QED) is 0.151. The van der Waals surface area contributed by atoms with Gasteiger partial charge in [0.2, 0.25) is 0 Å². The Morgan fingerprint density at radius 2 is 0.900 bits per heavy atom. The van der Waals surface area contributed by atoms with Crippen molar-refractivity contribution in [2.45, 2.75) is 41.0 Å². The van der Waals surface area contributed by atoms with Crippen molar-refractivity contribution >= 4 is 22.1 Å². The van der Waals surface area contributed by atoms with Gasteiger partial charge in [-0.05, 0) is 62.6 Å². The zero-order chi connectivity index (χ0) is 25.1. The van der Waals surface area contributed by atoms with E-state index in [2.05, 4.69) is 101 Å². The summed E-state index contributed by atoms with van der Waals surface area (Å²) >= 11 is 0. The second-order valence-electron chi connectivity index (χ2n) is 9.00. The number of hydrogen-bond acceptors (Lipinski definition) is 5. The van der Waals surface area contributed by atoms with Crippen molar-refractivity contribution in [3.8, 4) is 23.0 Å². The molecule has 211 valence electrons. The predicted molar refractivity (Wildman–Crippen MR) is 148 cm³/mol. The Morgan fingerprint density at radius 1 is 0.525 bits per heavy atom. The number of rotatable bonds is 10. The standard InChI is InChI=1S/C29H35N7.3ClH.Nd/c1-5-33(6-2)20-35-26-18-11-9-14-22(26)31-28(35)24-16-13-17-25(30-24)29-32-23-15-10-12-19-27(23)36(29)21-34(7-3)8-4;;;;/h9-19H,5-8,20-21H2,1-4H3;3*1H;/q;;;;+3/p-3. The van der Waals surface area contributed by atoms with Gasteiger partial charge in [0.1, 0.15) is 11.4 Å². The number of halogens is 3. The SMILES string of the molecule is CCN(CC)Cn1c(-c2cccc(-c3nc4ccccc4n3CN(CC)CC)n2)nc2ccccc21.[Cl-].[Cl-].[Cl-].[Nd+3]. The van der Waals surface area contributed by atoms with Gasteiger partial charge in [0.25, 0.3) is 0 Å². The van der Waals surface area contributed by atoms with Crippen LogP contribution < -0.4 is 37.2 Å². The number of para-hydroxylation sites is 4. The fourth-order valence-corrected chi connectivity index (χ4v) is 4.76. The molecule has 0 N–H and O–H groups in total. The third kappa shape index (κ3) is 7.54. The molecule has 0 saturated carbocycles. The van der Waals surface area contributed by atoms with Crippen LogP contribution in [0.2, 0.25) is 0 Å². The number of imidazole rings is 2. The first-order valence-corrected chi connectivity index (χ1v) is 13.0. The Kier molecular flexibility index (Phi) is 15.5. The average molecular weight is 732 g/mol. The maximum absolute atomic E-state index is 5.14. The maximum Gasteiger partial charge on any atom is 3.00 e. The Hall–Kier alpha value is -1.33. The Labute approximate surface area is 288 Å². The number of fused-ring (bicyclic) bond motifs is 2. The van der Waals surface area contributed by atoms with Gasteiger partial charge in [0, 0.05) is 0 Å². The van der Waals surface area contributed by atoms with E-state index in [1.165, 1.54) is 0 Å². The van der Waals surface area contributed by atoms with Crippen LogP contribution in [0.15, 0.2) is 66.7 Å². The topological polar surface area (TPSA) is 55.0 Å². The van der Waals surface area contributed by atoms with E-state index >= 15 is 0 Å². The second kappa shape index (κ2) is 16.9. The average Bonchev–Trinajstić information content (AvgIpc) is 3.48. The van der Waals surface area contributed by atoms with E-state index in [0.29, 0.717) is 0 Å². The molecule has 7 nitrogen and oxygen atoms in total. The molecule has 2 aromatic carbocycles. The zero-order valence-electron chi connectivity index (χ0n) is 23.4. The summed E-state index contributed by atoms with van der Waals surface area (Å²) in [5.74, 6) is 1.77. The van der Waals surface area contributed by atoms with Gasteiger partial charge < -0.3 is 46.4 Å². The van der Waals surface area contributed by atoms with Crippen molar-refractivity contribution in [3.63, 3.8) is 0 Å². The number of pyridine rings is 1. The molecular weight excluding hydrogens is 697 g/mol. The molecule has 3 aromatic heterocycles. The van der Waals surface area contributed by atoms with E-state index in [-0.39, 0.29) is 78.1 Å². The fourth-order valence-electron chi connectivity index (χ4n) is 4.76. The molecule has 0 saturated heterocycles. The van der Waals surface area contributed by atoms with Crippen molar-refractivity contribution in [2.24, 2.45) is 0 Å². The molecule has 0 fully saturated rings. The van der Waals surface area contributed by atoms with Crippen LogP contribution >= 0.6 is 0 Å². The zero-order valence-corrected chi connectivity index (χ0v) is 28.8. The van der Waals surface area contributed by atoms with E-state index in [1.54, 1.807) is 0 Å². The van der Waals surface area contributed by atoms with Crippen LogP contribution in [-0.4, -0.2) is 60.1 Å². The van der Waals surface area contributed by atoms with Crippen molar-refractivity contribution in [1.82, 2.24) is 33.9 Å². The molecule has 0 aliphatic heterocycles. The second-order valence-corrected chi connectivity index (χ2v) is 9.00. The van der Waals surface area contributed by atoms with Crippen molar-refractivity contribution in [3.05, 3.63) is 66.7 Å². The molecule has 0 atom stereocenters. The molecule has 0 unspecified atom stereocenters. The van der Waals surface area contributed by atoms with Crippen LogP contribution in [-0.2, 0) is 13.3 Å². The van der Waals surface area contributed by atoms with Crippen LogP contribution in [0.3, 0.4) is 0 Å². The van der Waals surface area contributed by atoms with E-state index in [9.17, 15) is 0 Å². The largest absolute Gasteiger partial charge is 3.00 e. The minimum atomic E-state index is 0. The fraction of sp³-hybridized carbons (Fsp3) is 0.345. The first kappa shape index (κ1) is 36.7. The molecule has 0 aliphatic rings. The van der Waals surface area contributed by atoms with Crippen LogP contribution in [0.25, 0.3) is 45.1 Å². The van der Waals surface area contributed by atoms with Gasteiger partial charge in [-0.2, -0.15) is 0 Å².